The minimum atomic E-state index is -2.19. The van der Waals surface area contributed by atoms with Gasteiger partial charge in [-0.3, -0.25) is 0 Å². The molecular formula is C24H39N3O7. The van der Waals surface area contributed by atoms with Gasteiger partial charge in [-0.2, -0.15) is 0 Å². The van der Waals surface area contributed by atoms with E-state index in [1.165, 1.54) is 5.56 Å². The molecule has 7 N–H and O–H groups in total. The number of aliphatic hydroxyl groups excluding tert-OH is 2. The van der Waals surface area contributed by atoms with Crippen LogP contribution in [-0.2, 0) is 20.6 Å². The fourth-order valence-electron chi connectivity index (χ4n) is 5.59. The van der Waals surface area contributed by atoms with E-state index in [1.807, 2.05) is 18.2 Å². The summed E-state index contributed by atoms with van der Waals surface area (Å²) in [6.07, 6.45) is -3.73. The number of hydrogen-bond acceptors (Lipinski definition) is 10. The van der Waals surface area contributed by atoms with E-state index < -0.39 is 60.3 Å². The second-order valence-corrected chi connectivity index (χ2v) is 9.77. The number of ether oxygens (including phenoxy) is 3. The molecule has 3 fully saturated rings. The van der Waals surface area contributed by atoms with Crippen LogP contribution in [0.25, 0.3) is 0 Å². The lowest BCUT2D eigenvalue weighted by atomic mass is 9.77. The molecule has 3 aliphatic rings. The van der Waals surface area contributed by atoms with Crippen molar-refractivity contribution in [1.82, 2.24) is 16.0 Å². The molecule has 192 valence electrons. The highest BCUT2D eigenvalue weighted by molar-refractivity contribution is 5.15. The van der Waals surface area contributed by atoms with E-state index in [-0.39, 0.29) is 13.0 Å². The van der Waals surface area contributed by atoms with Gasteiger partial charge in [-0.1, -0.05) is 30.3 Å². The molecule has 2 heterocycles. The molecule has 0 amide bonds. The summed E-state index contributed by atoms with van der Waals surface area (Å²) in [5, 5.41) is 54.1. The fraction of sp³-hybridized carbons (Fsp3) is 0.750. The van der Waals surface area contributed by atoms with Crippen LogP contribution in [0.2, 0.25) is 0 Å². The van der Waals surface area contributed by atoms with Crippen LogP contribution in [0, 0.1) is 0 Å². The lowest BCUT2D eigenvalue weighted by Crippen LogP contribution is -2.81. The zero-order valence-electron chi connectivity index (χ0n) is 20.1. The Morgan fingerprint density at radius 2 is 1.68 bits per heavy atom. The van der Waals surface area contributed by atoms with Gasteiger partial charge in [-0.15, -0.1) is 0 Å². The van der Waals surface area contributed by atoms with E-state index >= 15 is 0 Å². The quantitative estimate of drug-likeness (QED) is 0.218. The number of benzene rings is 1. The van der Waals surface area contributed by atoms with Gasteiger partial charge in [0.15, 0.2) is 0 Å². The zero-order chi connectivity index (χ0) is 24.5. The van der Waals surface area contributed by atoms with Crippen LogP contribution in [0.3, 0.4) is 0 Å². The van der Waals surface area contributed by atoms with Crippen molar-refractivity contribution < 1.29 is 34.6 Å². The minimum absolute atomic E-state index is 0.0672. The molecule has 0 radical (unpaired) electrons. The maximum Gasteiger partial charge on any atom is 0.249 e. The fourth-order valence-corrected chi connectivity index (χ4v) is 5.59. The smallest absolute Gasteiger partial charge is 0.249 e. The summed E-state index contributed by atoms with van der Waals surface area (Å²) >= 11 is 0. The molecule has 10 nitrogen and oxygen atoms in total. The predicted molar refractivity (Wildman–Crippen MR) is 124 cm³/mol. The van der Waals surface area contributed by atoms with E-state index in [0.29, 0.717) is 6.54 Å². The standard InChI is InChI=1S/C24H39N3O7/c1-14-12-23(30,13-27-11-7-10-15-8-5-4-6-9-15)24(31)22(32-14)33-21-19(29)16(25-2)18(28)17(26-3)20(21)34-24/h4-6,8-9,14,16-22,25-31H,7,10-13H2,1-3H3/t14-,16-,17+,18+,19+,20-,21-,22+,23-,24-/m1/s1. The van der Waals surface area contributed by atoms with Gasteiger partial charge in [0, 0.05) is 13.0 Å². The Hall–Kier alpha value is -1.18. The first-order chi connectivity index (χ1) is 16.2. The first-order valence-corrected chi connectivity index (χ1v) is 12.1. The zero-order valence-corrected chi connectivity index (χ0v) is 20.1. The van der Waals surface area contributed by atoms with E-state index in [0.717, 1.165) is 12.8 Å². The first-order valence-electron chi connectivity index (χ1n) is 12.1. The van der Waals surface area contributed by atoms with Crippen LogP contribution in [0.4, 0.5) is 0 Å². The third-order valence-electron chi connectivity index (χ3n) is 7.43. The molecule has 4 rings (SSSR count). The van der Waals surface area contributed by atoms with Crippen molar-refractivity contribution in [1.29, 1.82) is 0 Å². The highest BCUT2D eigenvalue weighted by Crippen LogP contribution is 2.46. The number of nitrogens with one attached hydrogen (secondary N) is 3. The number of aliphatic hydroxyl groups is 4. The number of aryl methyl sites for hydroxylation is 1. The molecule has 34 heavy (non-hydrogen) atoms. The summed E-state index contributed by atoms with van der Waals surface area (Å²) in [6.45, 7) is 2.50. The van der Waals surface area contributed by atoms with Crippen molar-refractivity contribution in [2.75, 3.05) is 27.2 Å². The largest absolute Gasteiger partial charge is 0.390 e. The van der Waals surface area contributed by atoms with E-state index in [2.05, 4.69) is 28.1 Å². The summed E-state index contributed by atoms with van der Waals surface area (Å²) < 4.78 is 18.0. The average molecular weight is 482 g/mol. The summed E-state index contributed by atoms with van der Waals surface area (Å²) in [5.74, 6) is -2.19. The molecule has 1 aromatic rings. The topological polar surface area (TPSA) is 145 Å². The first kappa shape index (κ1) is 25.9. The SMILES string of the molecule is CN[C@@H]1[C@H](O)[C@H](NC)[C@H]2O[C@]3(O)[C@H](O[C@@H]2[C@H]1O)O[C@H](C)C[C@@]3(O)CNCCCc1ccccc1. The second-order valence-electron chi connectivity index (χ2n) is 9.77. The van der Waals surface area contributed by atoms with E-state index in [4.69, 9.17) is 14.2 Å². The molecule has 10 heteroatoms. The number of hydrogen-bond donors (Lipinski definition) is 7. The molecule has 0 spiro atoms. The lowest BCUT2D eigenvalue weighted by Gasteiger charge is -2.60. The summed E-state index contributed by atoms with van der Waals surface area (Å²) in [7, 11) is 3.31. The number of rotatable bonds is 8. The third kappa shape index (κ3) is 4.64. The monoisotopic (exact) mass is 481 g/mol. The molecule has 2 saturated heterocycles. The Morgan fingerprint density at radius 1 is 0.971 bits per heavy atom. The minimum Gasteiger partial charge on any atom is -0.390 e. The molecule has 1 aliphatic carbocycles. The highest BCUT2D eigenvalue weighted by Gasteiger charge is 2.68. The summed E-state index contributed by atoms with van der Waals surface area (Å²) in [5.41, 5.74) is -0.468. The van der Waals surface area contributed by atoms with E-state index in [9.17, 15) is 20.4 Å². The van der Waals surface area contributed by atoms with Gasteiger partial charge in [0.25, 0.3) is 0 Å². The van der Waals surface area contributed by atoms with Crippen molar-refractivity contribution in [3.05, 3.63) is 35.9 Å². The molecule has 1 aromatic carbocycles. The Morgan fingerprint density at radius 3 is 2.35 bits per heavy atom. The maximum atomic E-state index is 11.6. The van der Waals surface area contributed by atoms with Gasteiger partial charge in [0.05, 0.1) is 24.3 Å². The average Bonchev–Trinajstić information content (AvgIpc) is 2.80. The van der Waals surface area contributed by atoms with Crippen molar-refractivity contribution in [3.63, 3.8) is 0 Å². The Labute approximate surface area is 200 Å². The summed E-state index contributed by atoms with van der Waals surface area (Å²) in [6, 6.07) is 8.84. The van der Waals surface area contributed by atoms with Crippen molar-refractivity contribution in [2.24, 2.45) is 0 Å². The van der Waals surface area contributed by atoms with Crippen molar-refractivity contribution in [3.8, 4) is 0 Å². The van der Waals surface area contributed by atoms with Crippen LogP contribution < -0.4 is 16.0 Å². The van der Waals surface area contributed by atoms with Gasteiger partial charge in [0.1, 0.15) is 23.9 Å². The molecule has 1 saturated carbocycles. The molecule has 10 atom stereocenters. The van der Waals surface area contributed by atoms with Crippen LogP contribution in [0.15, 0.2) is 30.3 Å². The van der Waals surface area contributed by atoms with Crippen molar-refractivity contribution in [2.45, 2.75) is 86.5 Å². The highest BCUT2D eigenvalue weighted by atomic mass is 16.8. The molecular weight excluding hydrogens is 442 g/mol. The molecule has 0 unspecified atom stereocenters. The second kappa shape index (κ2) is 10.4. The Kier molecular flexibility index (Phi) is 7.95. The molecule has 0 bridgehead atoms. The van der Waals surface area contributed by atoms with Gasteiger partial charge >= 0.3 is 0 Å². The van der Waals surface area contributed by atoms with Crippen LogP contribution in [0.5, 0.6) is 0 Å². The normalized spacial score (nSPS) is 44.3. The maximum absolute atomic E-state index is 11.6. The van der Waals surface area contributed by atoms with Gasteiger partial charge < -0.3 is 50.6 Å². The Bertz CT molecular complexity index is 804. The van der Waals surface area contributed by atoms with Crippen molar-refractivity contribution >= 4 is 0 Å². The van der Waals surface area contributed by atoms with Crippen LogP contribution in [0.1, 0.15) is 25.3 Å². The Balaban J connectivity index is 1.47. The van der Waals surface area contributed by atoms with Gasteiger partial charge in [-0.25, -0.2) is 0 Å². The third-order valence-corrected chi connectivity index (χ3v) is 7.43. The number of fused-ring (bicyclic) bond motifs is 2. The van der Waals surface area contributed by atoms with Gasteiger partial charge in [-0.05, 0) is 46.0 Å². The molecule has 2 aliphatic heterocycles. The summed E-state index contributed by atoms with van der Waals surface area (Å²) in [4.78, 5) is 0. The predicted octanol–water partition coefficient (Wildman–Crippen LogP) is -1.54. The molecule has 0 aromatic heterocycles. The van der Waals surface area contributed by atoms with Crippen LogP contribution in [-0.4, -0.2) is 108 Å². The van der Waals surface area contributed by atoms with E-state index in [1.54, 1.807) is 21.0 Å². The number of likely N-dealkylation sites (N-methyl/N-ethyl adjacent to an activating group) is 2. The lowest BCUT2D eigenvalue weighted by molar-refractivity contribution is -0.482. The van der Waals surface area contributed by atoms with Gasteiger partial charge in [0.2, 0.25) is 12.1 Å². The van der Waals surface area contributed by atoms with Crippen LogP contribution >= 0.6 is 0 Å².